The average molecular weight is 567 g/mol. The van der Waals surface area contributed by atoms with Gasteiger partial charge in [-0.2, -0.15) is 5.26 Å². The lowest BCUT2D eigenvalue weighted by Crippen LogP contribution is -2.51. The number of nitriles is 1. The molecule has 4 aromatic rings. The fraction of sp³-hybridized carbons (Fsp3) is 0.333. The average Bonchev–Trinajstić information content (AvgIpc) is 3.42. The molecule has 212 valence electrons. The molecule has 1 aromatic heterocycles. The topological polar surface area (TPSA) is 86.0 Å². The molecule has 0 bridgehead atoms. The molecule has 41 heavy (non-hydrogen) atoms. The van der Waals surface area contributed by atoms with Crippen LogP contribution in [0.3, 0.4) is 0 Å². The van der Waals surface area contributed by atoms with Crippen molar-refractivity contribution < 1.29 is 4.79 Å². The summed E-state index contributed by atoms with van der Waals surface area (Å²) in [5.74, 6) is 0.207. The van der Waals surface area contributed by atoms with Crippen LogP contribution in [0.15, 0.2) is 79.3 Å². The van der Waals surface area contributed by atoms with Crippen LogP contribution in [0.4, 0.5) is 0 Å². The Morgan fingerprint density at radius 3 is 2.59 bits per heavy atom. The zero-order valence-electron chi connectivity index (χ0n) is 24.0. The number of fused-ring (bicyclic) bond motifs is 1. The van der Waals surface area contributed by atoms with E-state index in [9.17, 15) is 4.79 Å². The van der Waals surface area contributed by atoms with Crippen LogP contribution in [-0.4, -0.2) is 44.6 Å². The van der Waals surface area contributed by atoms with E-state index in [0.29, 0.717) is 30.3 Å². The van der Waals surface area contributed by atoms with Gasteiger partial charge in [0.05, 0.1) is 24.4 Å². The van der Waals surface area contributed by atoms with Crippen LogP contribution in [0.2, 0.25) is 0 Å². The molecule has 0 unspecified atom stereocenters. The number of thiocarbonyl (C=S) groups is 1. The van der Waals surface area contributed by atoms with Crippen LogP contribution < -0.4 is 10.6 Å². The molecule has 0 radical (unpaired) electrons. The molecule has 4 rings (SSSR count). The third-order valence-corrected chi connectivity index (χ3v) is 7.93. The first kappa shape index (κ1) is 29.8. The summed E-state index contributed by atoms with van der Waals surface area (Å²) >= 11 is 5.81. The highest BCUT2D eigenvalue weighted by Gasteiger charge is 2.24. The first-order chi connectivity index (χ1) is 19.9. The van der Waals surface area contributed by atoms with Gasteiger partial charge in [-0.3, -0.25) is 4.79 Å². The minimum atomic E-state index is -0.0889. The maximum absolute atomic E-state index is 13.4. The smallest absolute Gasteiger partial charge is 0.226 e. The maximum Gasteiger partial charge on any atom is 0.226 e. The lowest BCUT2D eigenvalue weighted by atomic mass is 9.97. The predicted octanol–water partition coefficient (Wildman–Crippen LogP) is 5.43. The van der Waals surface area contributed by atoms with Crippen LogP contribution in [0.5, 0.6) is 0 Å². The molecule has 7 nitrogen and oxygen atoms in total. The number of benzene rings is 3. The van der Waals surface area contributed by atoms with E-state index in [-0.39, 0.29) is 24.3 Å². The highest BCUT2D eigenvalue weighted by Crippen LogP contribution is 2.21. The van der Waals surface area contributed by atoms with Gasteiger partial charge < -0.3 is 20.1 Å². The quantitative estimate of drug-likeness (QED) is 0.223. The Labute approximate surface area is 248 Å². The van der Waals surface area contributed by atoms with Crippen molar-refractivity contribution in [1.29, 1.82) is 5.26 Å². The van der Waals surface area contributed by atoms with E-state index in [1.165, 1.54) is 16.3 Å². The van der Waals surface area contributed by atoms with E-state index < -0.39 is 0 Å². The van der Waals surface area contributed by atoms with Crippen LogP contribution in [-0.2, 0) is 24.3 Å². The van der Waals surface area contributed by atoms with Gasteiger partial charge in [0, 0.05) is 44.1 Å². The Morgan fingerprint density at radius 2 is 1.85 bits per heavy atom. The standard InChI is InChI=1S/C33H38N6OS/c1-4-24(3)31(22-38(33(41)36-5-2)21-28-11-8-10-27-9-6-7-12-30(27)28)37-32(40)17-29-19-35-23-39(29)20-26-15-13-25(18-34)14-16-26/h6-16,19,23-24,31H,4-5,17,20-22H2,1-3H3,(H,36,41)(H,37,40)/t24-,31+/m0/s1. The van der Waals surface area contributed by atoms with Gasteiger partial charge in [-0.05, 0) is 59.1 Å². The zero-order valence-corrected chi connectivity index (χ0v) is 24.8. The van der Waals surface area contributed by atoms with Crippen LogP contribution >= 0.6 is 12.2 Å². The van der Waals surface area contributed by atoms with Crippen molar-refractivity contribution in [1.82, 2.24) is 25.1 Å². The molecule has 0 spiro atoms. The zero-order chi connectivity index (χ0) is 29.2. The maximum atomic E-state index is 13.4. The molecular formula is C33H38N6OS. The monoisotopic (exact) mass is 566 g/mol. The lowest BCUT2D eigenvalue weighted by Gasteiger charge is -2.33. The molecule has 3 aromatic carbocycles. The van der Waals surface area contributed by atoms with Gasteiger partial charge >= 0.3 is 0 Å². The number of carbonyl (C=O) groups is 1. The van der Waals surface area contributed by atoms with E-state index in [2.05, 4.69) is 82.9 Å². The lowest BCUT2D eigenvalue weighted by molar-refractivity contribution is -0.121. The number of amides is 1. The van der Waals surface area contributed by atoms with Crippen molar-refractivity contribution in [3.63, 3.8) is 0 Å². The summed E-state index contributed by atoms with van der Waals surface area (Å²) in [5, 5.41) is 18.8. The van der Waals surface area contributed by atoms with Gasteiger partial charge in [-0.1, -0.05) is 74.9 Å². The molecule has 1 amide bonds. The van der Waals surface area contributed by atoms with Crippen molar-refractivity contribution in [2.24, 2.45) is 5.92 Å². The summed E-state index contributed by atoms with van der Waals surface area (Å²) in [4.78, 5) is 19.9. The predicted molar refractivity (Wildman–Crippen MR) is 168 cm³/mol. The number of hydrogen-bond acceptors (Lipinski definition) is 4. The summed E-state index contributed by atoms with van der Waals surface area (Å²) in [7, 11) is 0. The molecule has 0 aliphatic carbocycles. The van der Waals surface area contributed by atoms with Gasteiger partial charge in [-0.25, -0.2) is 4.98 Å². The summed E-state index contributed by atoms with van der Waals surface area (Å²) in [6.45, 7) is 8.92. The Kier molecular flexibility index (Phi) is 10.5. The summed E-state index contributed by atoms with van der Waals surface area (Å²) in [6, 6.07) is 24.3. The molecule has 0 fully saturated rings. The number of rotatable bonds is 12. The fourth-order valence-corrected chi connectivity index (χ4v) is 5.23. The largest absolute Gasteiger partial charge is 0.363 e. The third kappa shape index (κ3) is 7.92. The number of carbonyl (C=O) groups excluding carboxylic acids is 1. The van der Waals surface area contributed by atoms with Crippen molar-refractivity contribution in [2.45, 2.75) is 52.7 Å². The second kappa shape index (κ2) is 14.4. The molecule has 2 atom stereocenters. The molecule has 2 N–H and O–H groups in total. The van der Waals surface area contributed by atoms with Gasteiger partial charge in [0.2, 0.25) is 5.91 Å². The molecular weight excluding hydrogens is 528 g/mol. The first-order valence-electron chi connectivity index (χ1n) is 14.2. The molecule has 0 saturated heterocycles. The number of aromatic nitrogens is 2. The number of hydrogen-bond donors (Lipinski definition) is 2. The molecule has 8 heteroatoms. The van der Waals surface area contributed by atoms with Gasteiger partial charge in [0.25, 0.3) is 0 Å². The van der Waals surface area contributed by atoms with Gasteiger partial charge in [0.1, 0.15) is 0 Å². The summed E-state index contributed by atoms with van der Waals surface area (Å²) < 4.78 is 1.98. The Morgan fingerprint density at radius 1 is 1.10 bits per heavy atom. The van der Waals surface area contributed by atoms with Crippen molar-refractivity contribution in [2.75, 3.05) is 13.1 Å². The molecule has 0 aliphatic rings. The number of nitrogens with one attached hydrogen (secondary N) is 2. The Bertz CT molecular complexity index is 1500. The van der Waals surface area contributed by atoms with E-state index in [1.807, 2.05) is 23.6 Å². The van der Waals surface area contributed by atoms with Gasteiger partial charge in [-0.15, -0.1) is 0 Å². The van der Waals surface area contributed by atoms with Crippen LogP contribution in [0.1, 0.15) is 49.6 Å². The van der Waals surface area contributed by atoms with Crippen LogP contribution in [0.25, 0.3) is 10.8 Å². The van der Waals surface area contributed by atoms with E-state index in [1.54, 1.807) is 24.7 Å². The highest BCUT2D eigenvalue weighted by atomic mass is 32.1. The van der Waals surface area contributed by atoms with E-state index in [4.69, 9.17) is 17.5 Å². The fourth-order valence-electron chi connectivity index (χ4n) is 4.95. The first-order valence-corrected chi connectivity index (χ1v) is 14.6. The number of imidazole rings is 1. The second-order valence-electron chi connectivity index (χ2n) is 10.4. The van der Waals surface area contributed by atoms with Crippen molar-refractivity contribution in [3.8, 4) is 6.07 Å². The van der Waals surface area contributed by atoms with Gasteiger partial charge in [0.15, 0.2) is 5.11 Å². The van der Waals surface area contributed by atoms with Crippen LogP contribution in [0, 0.1) is 17.2 Å². The normalized spacial score (nSPS) is 12.3. The van der Waals surface area contributed by atoms with Crippen molar-refractivity contribution >= 4 is 34.0 Å². The number of nitrogens with zero attached hydrogens (tertiary/aromatic N) is 4. The SMILES string of the molecule is CCNC(=S)N(Cc1cccc2ccccc12)C[C@@H](NC(=O)Cc1cncn1Cc1ccc(C#N)cc1)[C@@H](C)CC. The van der Waals surface area contributed by atoms with E-state index in [0.717, 1.165) is 24.2 Å². The molecule has 1 heterocycles. The second-order valence-corrected chi connectivity index (χ2v) is 10.8. The van der Waals surface area contributed by atoms with Crippen molar-refractivity contribution in [3.05, 3.63) is 102 Å². The summed E-state index contributed by atoms with van der Waals surface area (Å²) in [6.07, 6.45) is 4.64. The molecule has 0 aliphatic heterocycles. The molecule has 0 saturated carbocycles. The highest BCUT2D eigenvalue weighted by molar-refractivity contribution is 7.80. The summed E-state index contributed by atoms with van der Waals surface area (Å²) in [5.41, 5.74) is 3.70. The minimum absolute atomic E-state index is 0.0450. The van der Waals surface area contributed by atoms with E-state index >= 15 is 0 Å². The Balaban J connectivity index is 1.48. The minimum Gasteiger partial charge on any atom is -0.363 e. The Hall–Kier alpha value is -4.22. The third-order valence-electron chi connectivity index (χ3n) is 7.53.